The van der Waals surface area contributed by atoms with Crippen molar-refractivity contribution in [2.24, 2.45) is 0 Å². The predicted octanol–water partition coefficient (Wildman–Crippen LogP) is 4.54. The average molecular weight is 359 g/mol. The number of benzene rings is 3. The maximum absolute atomic E-state index is 14.1. The summed E-state index contributed by atoms with van der Waals surface area (Å²) in [6.45, 7) is 0. The highest BCUT2D eigenvalue weighted by atomic mass is 31.2. The minimum absolute atomic E-state index is 0.0706. The summed E-state index contributed by atoms with van der Waals surface area (Å²) >= 11 is 0. The van der Waals surface area contributed by atoms with Crippen LogP contribution in [0.15, 0.2) is 102 Å². The molecule has 0 aromatic heterocycles. The zero-order valence-corrected chi connectivity index (χ0v) is 15.0. The van der Waals surface area contributed by atoms with E-state index in [1.54, 1.807) is 48.5 Å². The smallest absolute Gasteiger partial charge is 0.184 e. The SMILES string of the molecule is N#CC(=C(O)Cc1ccccc1)P(=O)(c1ccccc1)c1ccccc1. The van der Waals surface area contributed by atoms with E-state index in [1.165, 1.54) is 0 Å². The number of nitriles is 1. The normalized spacial score (nSPS) is 12.1. The van der Waals surface area contributed by atoms with E-state index in [0.29, 0.717) is 10.6 Å². The standard InChI is InChI=1S/C22H18NO2P/c23-17-22(21(24)16-18-10-4-1-5-11-18)26(25,19-12-6-2-7-13-19)20-14-8-3-9-15-20/h1-15,24H,16H2. The van der Waals surface area contributed by atoms with E-state index in [0.717, 1.165) is 5.56 Å². The third-order valence-electron chi connectivity index (χ3n) is 4.15. The molecule has 0 radical (unpaired) electrons. The van der Waals surface area contributed by atoms with Crippen molar-refractivity contribution in [2.45, 2.75) is 6.42 Å². The first-order chi connectivity index (χ1) is 12.7. The van der Waals surface area contributed by atoms with Gasteiger partial charge in [-0.15, -0.1) is 0 Å². The van der Waals surface area contributed by atoms with Crippen LogP contribution in [0, 0.1) is 11.3 Å². The molecule has 0 spiro atoms. The van der Waals surface area contributed by atoms with Crippen LogP contribution in [0.4, 0.5) is 0 Å². The highest BCUT2D eigenvalue weighted by Gasteiger charge is 2.34. The van der Waals surface area contributed by atoms with E-state index in [9.17, 15) is 14.9 Å². The molecule has 0 fully saturated rings. The molecule has 0 unspecified atom stereocenters. The number of allylic oxidation sites excluding steroid dienone is 2. The Hall–Kier alpha value is -3.08. The van der Waals surface area contributed by atoms with E-state index in [-0.39, 0.29) is 17.5 Å². The number of rotatable bonds is 5. The topological polar surface area (TPSA) is 61.1 Å². The highest BCUT2D eigenvalue weighted by Crippen LogP contribution is 2.52. The maximum Gasteiger partial charge on any atom is 0.184 e. The van der Waals surface area contributed by atoms with Gasteiger partial charge in [-0.2, -0.15) is 5.26 Å². The molecule has 0 bridgehead atoms. The molecule has 0 aliphatic carbocycles. The highest BCUT2D eigenvalue weighted by molar-refractivity contribution is 7.82. The van der Waals surface area contributed by atoms with Crippen molar-refractivity contribution in [1.29, 1.82) is 5.26 Å². The monoisotopic (exact) mass is 359 g/mol. The third-order valence-corrected chi connectivity index (χ3v) is 7.19. The fraction of sp³-hybridized carbons (Fsp3) is 0.0455. The average Bonchev–Trinajstić information content (AvgIpc) is 2.70. The van der Waals surface area contributed by atoms with Crippen LogP contribution in [0.25, 0.3) is 0 Å². The van der Waals surface area contributed by atoms with Gasteiger partial charge < -0.3 is 9.67 Å². The van der Waals surface area contributed by atoms with Crippen molar-refractivity contribution in [3.05, 3.63) is 108 Å². The van der Waals surface area contributed by atoms with E-state index < -0.39 is 7.14 Å². The fourth-order valence-corrected chi connectivity index (χ4v) is 5.45. The Morgan fingerprint density at radius 2 is 1.23 bits per heavy atom. The molecule has 3 aromatic carbocycles. The number of aliphatic hydroxyl groups is 1. The first-order valence-electron chi connectivity index (χ1n) is 8.24. The van der Waals surface area contributed by atoms with Crippen molar-refractivity contribution < 1.29 is 9.67 Å². The second-order valence-corrected chi connectivity index (χ2v) is 8.55. The summed E-state index contributed by atoms with van der Waals surface area (Å²) in [5.74, 6) is -0.158. The third kappa shape index (κ3) is 3.47. The molecule has 0 amide bonds. The lowest BCUT2D eigenvalue weighted by Gasteiger charge is -2.19. The summed E-state index contributed by atoms with van der Waals surface area (Å²) < 4.78 is 14.1. The summed E-state index contributed by atoms with van der Waals surface area (Å²) in [7, 11) is -3.46. The van der Waals surface area contributed by atoms with Gasteiger partial charge in [-0.3, -0.25) is 0 Å². The number of hydrogen-bond acceptors (Lipinski definition) is 3. The van der Waals surface area contributed by atoms with E-state index in [1.807, 2.05) is 48.5 Å². The Morgan fingerprint density at radius 3 is 1.65 bits per heavy atom. The minimum Gasteiger partial charge on any atom is -0.510 e. The van der Waals surface area contributed by atoms with Crippen molar-refractivity contribution in [3.63, 3.8) is 0 Å². The van der Waals surface area contributed by atoms with Crippen molar-refractivity contribution in [3.8, 4) is 6.07 Å². The van der Waals surface area contributed by atoms with E-state index in [4.69, 9.17) is 0 Å². The second-order valence-electron chi connectivity index (χ2n) is 5.85. The first kappa shape index (κ1) is 17.7. The number of aliphatic hydroxyl groups excluding tert-OH is 1. The molecule has 128 valence electrons. The predicted molar refractivity (Wildman–Crippen MR) is 105 cm³/mol. The number of hydrogen-bond donors (Lipinski definition) is 1. The summed E-state index contributed by atoms with van der Waals surface area (Å²) in [5, 5.41) is 21.5. The van der Waals surface area contributed by atoms with Crippen LogP contribution in [0.3, 0.4) is 0 Å². The van der Waals surface area contributed by atoms with E-state index in [2.05, 4.69) is 0 Å². The van der Waals surface area contributed by atoms with Gasteiger partial charge in [-0.1, -0.05) is 91.0 Å². The van der Waals surface area contributed by atoms with Gasteiger partial charge in [0.05, 0.1) is 0 Å². The lowest BCUT2D eigenvalue weighted by molar-refractivity contribution is 0.397. The molecule has 3 rings (SSSR count). The summed E-state index contributed by atoms with van der Waals surface area (Å²) in [6.07, 6.45) is 0.160. The van der Waals surface area contributed by atoms with Gasteiger partial charge in [-0.05, 0) is 5.56 Å². The van der Waals surface area contributed by atoms with Crippen LogP contribution < -0.4 is 10.6 Å². The lowest BCUT2D eigenvalue weighted by atomic mass is 10.1. The van der Waals surface area contributed by atoms with Gasteiger partial charge in [0.1, 0.15) is 17.1 Å². The molecule has 1 N–H and O–H groups in total. The molecular weight excluding hydrogens is 341 g/mol. The van der Waals surface area contributed by atoms with Crippen molar-refractivity contribution in [1.82, 2.24) is 0 Å². The zero-order chi connectivity index (χ0) is 18.4. The maximum atomic E-state index is 14.1. The Labute approximate surface area is 153 Å². The molecule has 0 aliphatic heterocycles. The molecule has 4 heteroatoms. The Balaban J connectivity index is 2.19. The van der Waals surface area contributed by atoms with Crippen LogP contribution in [-0.2, 0) is 11.0 Å². The van der Waals surface area contributed by atoms with Crippen LogP contribution in [0.2, 0.25) is 0 Å². The van der Waals surface area contributed by atoms with Gasteiger partial charge in [-0.25, -0.2) is 0 Å². The largest absolute Gasteiger partial charge is 0.510 e. The Bertz CT molecular complexity index is 947. The zero-order valence-electron chi connectivity index (χ0n) is 14.1. The summed E-state index contributed by atoms with van der Waals surface area (Å²) in [5.41, 5.74) is 0.852. The van der Waals surface area contributed by atoms with Crippen LogP contribution >= 0.6 is 7.14 Å². The minimum atomic E-state index is -3.46. The molecule has 0 aliphatic rings. The molecule has 3 nitrogen and oxygen atoms in total. The van der Waals surface area contributed by atoms with Gasteiger partial charge in [0.15, 0.2) is 7.14 Å². The lowest BCUT2D eigenvalue weighted by Crippen LogP contribution is -2.18. The summed E-state index contributed by atoms with van der Waals surface area (Å²) in [6, 6.07) is 29.1. The Kier molecular flexibility index (Phi) is 5.37. The van der Waals surface area contributed by atoms with Crippen LogP contribution in [0.5, 0.6) is 0 Å². The molecule has 0 saturated heterocycles. The second kappa shape index (κ2) is 7.87. The van der Waals surface area contributed by atoms with Gasteiger partial charge in [0, 0.05) is 17.0 Å². The van der Waals surface area contributed by atoms with Crippen molar-refractivity contribution >= 4 is 17.8 Å². The number of nitrogens with zero attached hydrogens (tertiary/aromatic N) is 1. The molecule has 0 heterocycles. The van der Waals surface area contributed by atoms with E-state index >= 15 is 0 Å². The fourth-order valence-electron chi connectivity index (χ4n) is 2.87. The molecule has 3 aromatic rings. The quantitative estimate of drug-likeness (QED) is 0.413. The molecule has 26 heavy (non-hydrogen) atoms. The van der Waals surface area contributed by atoms with Crippen molar-refractivity contribution in [2.75, 3.05) is 0 Å². The summed E-state index contributed by atoms with van der Waals surface area (Å²) in [4.78, 5) is 0. The Morgan fingerprint density at radius 1 is 0.808 bits per heavy atom. The first-order valence-corrected chi connectivity index (χ1v) is 9.95. The van der Waals surface area contributed by atoms with Gasteiger partial charge in [0.25, 0.3) is 0 Å². The molecule has 0 saturated carbocycles. The van der Waals surface area contributed by atoms with Crippen LogP contribution in [0.1, 0.15) is 5.56 Å². The molecule has 0 atom stereocenters. The van der Waals surface area contributed by atoms with Gasteiger partial charge >= 0.3 is 0 Å². The van der Waals surface area contributed by atoms with Gasteiger partial charge in [0.2, 0.25) is 0 Å². The van der Waals surface area contributed by atoms with Crippen LogP contribution in [-0.4, -0.2) is 5.11 Å². The molecular formula is C22H18NO2P.